The monoisotopic (exact) mass is 282 g/mol. The Hall–Kier alpha value is -1.07. The van der Waals surface area contributed by atoms with Gasteiger partial charge in [0.15, 0.2) is 9.84 Å². The molecule has 19 heavy (non-hydrogen) atoms. The second kappa shape index (κ2) is 5.92. The molecule has 0 radical (unpaired) electrons. The van der Waals surface area contributed by atoms with Crippen LogP contribution in [0.4, 0.5) is 5.69 Å². The lowest BCUT2D eigenvalue weighted by atomic mass is 10.0. The summed E-state index contributed by atoms with van der Waals surface area (Å²) in [5.41, 5.74) is 0.995. The van der Waals surface area contributed by atoms with Gasteiger partial charge in [-0.2, -0.15) is 0 Å². The summed E-state index contributed by atoms with van der Waals surface area (Å²) >= 11 is 0. The fourth-order valence-corrected chi connectivity index (χ4v) is 3.31. The van der Waals surface area contributed by atoms with Crippen molar-refractivity contribution in [3.8, 4) is 0 Å². The van der Waals surface area contributed by atoms with E-state index in [0.29, 0.717) is 17.0 Å². The highest BCUT2D eigenvalue weighted by atomic mass is 32.2. The molecule has 2 N–H and O–H groups in total. The van der Waals surface area contributed by atoms with Crippen LogP contribution in [0.25, 0.3) is 0 Å². The minimum atomic E-state index is -3.09. The number of nitrogens with one attached hydrogen (secondary N) is 2. The molecule has 0 aromatic heterocycles. The van der Waals surface area contributed by atoms with Gasteiger partial charge in [-0.15, -0.1) is 0 Å². The molecular formula is C14H22N2O2S. The number of rotatable bonds is 4. The van der Waals surface area contributed by atoms with Crippen molar-refractivity contribution >= 4 is 15.5 Å². The highest BCUT2D eigenvalue weighted by molar-refractivity contribution is 7.91. The predicted molar refractivity (Wildman–Crippen MR) is 78.3 cm³/mol. The van der Waals surface area contributed by atoms with E-state index in [1.54, 1.807) is 19.1 Å². The average Bonchev–Trinajstić information content (AvgIpc) is 2.39. The van der Waals surface area contributed by atoms with Gasteiger partial charge in [-0.3, -0.25) is 0 Å². The van der Waals surface area contributed by atoms with Crippen LogP contribution in [-0.2, 0) is 9.84 Å². The van der Waals surface area contributed by atoms with E-state index in [4.69, 9.17) is 0 Å². The SMILES string of the molecule is CCS(=O)(=O)c1ccc(NC2CCNC(C)C2)cc1. The molecule has 0 bridgehead atoms. The lowest BCUT2D eigenvalue weighted by Gasteiger charge is -2.29. The zero-order chi connectivity index (χ0) is 13.9. The lowest BCUT2D eigenvalue weighted by molar-refractivity contribution is 0.396. The Labute approximate surface area is 115 Å². The minimum Gasteiger partial charge on any atom is -0.382 e. The third-order valence-corrected chi connectivity index (χ3v) is 5.34. The molecule has 1 aliphatic rings. The quantitative estimate of drug-likeness (QED) is 0.887. The van der Waals surface area contributed by atoms with Crippen LogP contribution >= 0.6 is 0 Å². The third kappa shape index (κ3) is 3.70. The molecule has 1 aliphatic heterocycles. The number of benzene rings is 1. The van der Waals surface area contributed by atoms with Gasteiger partial charge in [0.2, 0.25) is 0 Å². The smallest absolute Gasteiger partial charge is 0.178 e. The summed E-state index contributed by atoms with van der Waals surface area (Å²) < 4.78 is 23.4. The molecule has 0 saturated carbocycles. The summed E-state index contributed by atoms with van der Waals surface area (Å²) in [6, 6.07) is 8.08. The first-order chi connectivity index (χ1) is 9.01. The van der Waals surface area contributed by atoms with Gasteiger partial charge in [0.05, 0.1) is 10.6 Å². The Kier molecular flexibility index (Phi) is 4.47. The van der Waals surface area contributed by atoms with Gasteiger partial charge >= 0.3 is 0 Å². The molecule has 1 saturated heterocycles. The highest BCUT2D eigenvalue weighted by Gasteiger charge is 2.18. The van der Waals surface area contributed by atoms with Gasteiger partial charge in [0, 0.05) is 17.8 Å². The number of piperidine rings is 1. The summed E-state index contributed by atoms with van der Waals surface area (Å²) in [7, 11) is -3.09. The predicted octanol–water partition coefficient (Wildman–Crippen LogP) is 2.03. The van der Waals surface area contributed by atoms with Crippen molar-refractivity contribution in [2.75, 3.05) is 17.6 Å². The Balaban J connectivity index is 2.03. The fraction of sp³-hybridized carbons (Fsp3) is 0.571. The minimum absolute atomic E-state index is 0.144. The molecule has 1 aromatic carbocycles. The number of hydrogen-bond donors (Lipinski definition) is 2. The largest absolute Gasteiger partial charge is 0.382 e. The van der Waals surface area contributed by atoms with Crippen LogP contribution < -0.4 is 10.6 Å². The first kappa shape index (κ1) is 14.3. The Morgan fingerprint density at radius 3 is 2.58 bits per heavy atom. The molecule has 2 unspecified atom stereocenters. The van der Waals surface area contributed by atoms with Gasteiger partial charge in [-0.1, -0.05) is 6.92 Å². The van der Waals surface area contributed by atoms with Crippen LogP contribution in [0.2, 0.25) is 0 Å². The number of anilines is 1. The van der Waals surface area contributed by atoms with E-state index < -0.39 is 9.84 Å². The second-order valence-electron chi connectivity index (χ2n) is 5.15. The molecule has 0 amide bonds. The van der Waals surface area contributed by atoms with E-state index in [2.05, 4.69) is 17.6 Å². The Morgan fingerprint density at radius 2 is 2.00 bits per heavy atom. The topological polar surface area (TPSA) is 58.2 Å². The molecule has 1 fully saturated rings. The first-order valence-electron chi connectivity index (χ1n) is 6.84. The van der Waals surface area contributed by atoms with Crippen molar-refractivity contribution in [3.63, 3.8) is 0 Å². The summed E-state index contributed by atoms with van der Waals surface area (Å²) in [4.78, 5) is 0.402. The molecule has 5 heteroatoms. The molecule has 106 valence electrons. The van der Waals surface area contributed by atoms with Crippen molar-refractivity contribution in [1.29, 1.82) is 0 Å². The molecule has 1 aromatic rings. The maximum atomic E-state index is 11.7. The zero-order valence-electron chi connectivity index (χ0n) is 11.5. The van der Waals surface area contributed by atoms with E-state index in [1.807, 2.05) is 12.1 Å². The summed E-state index contributed by atoms with van der Waals surface area (Å²) in [6.07, 6.45) is 2.19. The van der Waals surface area contributed by atoms with Gasteiger partial charge in [-0.05, 0) is 50.6 Å². The average molecular weight is 282 g/mol. The van der Waals surface area contributed by atoms with Crippen molar-refractivity contribution in [1.82, 2.24) is 5.32 Å². The Bertz CT molecular complexity index is 511. The zero-order valence-corrected chi connectivity index (χ0v) is 12.3. The maximum Gasteiger partial charge on any atom is 0.178 e. The van der Waals surface area contributed by atoms with Crippen molar-refractivity contribution in [3.05, 3.63) is 24.3 Å². The standard InChI is InChI=1S/C14H22N2O2S/c1-3-19(17,18)14-6-4-12(5-7-14)16-13-8-9-15-11(2)10-13/h4-7,11,13,15-16H,3,8-10H2,1-2H3. The summed E-state index contributed by atoms with van der Waals surface area (Å²) in [5.74, 6) is 0.144. The number of sulfone groups is 1. The van der Waals surface area contributed by atoms with E-state index in [9.17, 15) is 8.42 Å². The molecule has 1 heterocycles. The second-order valence-corrected chi connectivity index (χ2v) is 7.43. The highest BCUT2D eigenvalue weighted by Crippen LogP contribution is 2.19. The summed E-state index contributed by atoms with van der Waals surface area (Å²) in [6.45, 7) is 4.88. The van der Waals surface area contributed by atoms with Gasteiger partial charge in [-0.25, -0.2) is 8.42 Å². The van der Waals surface area contributed by atoms with Gasteiger partial charge < -0.3 is 10.6 Å². The van der Waals surface area contributed by atoms with Gasteiger partial charge in [0.25, 0.3) is 0 Å². The van der Waals surface area contributed by atoms with E-state index in [1.165, 1.54) is 0 Å². The first-order valence-corrected chi connectivity index (χ1v) is 8.49. The number of hydrogen-bond acceptors (Lipinski definition) is 4. The normalized spacial score (nSPS) is 24.1. The molecule has 4 nitrogen and oxygen atoms in total. The van der Waals surface area contributed by atoms with Crippen LogP contribution in [0, 0.1) is 0 Å². The van der Waals surface area contributed by atoms with Crippen LogP contribution in [0.1, 0.15) is 26.7 Å². The van der Waals surface area contributed by atoms with Crippen LogP contribution in [0.3, 0.4) is 0 Å². The van der Waals surface area contributed by atoms with Crippen molar-refractivity contribution in [2.24, 2.45) is 0 Å². The fourth-order valence-electron chi connectivity index (χ4n) is 2.42. The lowest BCUT2D eigenvalue weighted by Crippen LogP contribution is -2.41. The van der Waals surface area contributed by atoms with Gasteiger partial charge in [0.1, 0.15) is 0 Å². The molecule has 0 aliphatic carbocycles. The molecule has 2 rings (SSSR count). The van der Waals surface area contributed by atoms with Crippen LogP contribution in [0.5, 0.6) is 0 Å². The molecule has 0 spiro atoms. The molecular weight excluding hydrogens is 260 g/mol. The van der Waals surface area contributed by atoms with E-state index >= 15 is 0 Å². The van der Waals surface area contributed by atoms with Crippen LogP contribution in [0.15, 0.2) is 29.2 Å². The maximum absolute atomic E-state index is 11.7. The third-order valence-electron chi connectivity index (χ3n) is 3.59. The van der Waals surface area contributed by atoms with Crippen molar-refractivity contribution < 1.29 is 8.42 Å². The van der Waals surface area contributed by atoms with Crippen molar-refractivity contribution in [2.45, 2.75) is 43.7 Å². The summed E-state index contributed by atoms with van der Waals surface area (Å²) in [5, 5.41) is 6.89. The van der Waals surface area contributed by atoms with E-state index in [-0.39, 0.29) is 5.75 Å². The molecule has 2 atom stereocenters. The van der Waals surface area contributed by atoms with E-state index in [0.717, 1.165) is 25.1 Å². The van der Waals surface area contributed by atoms with Crippen LogP contribution in [-0.4, -0.2) is 32.8 Å². The Morgan fingerprint density at radius 1 is 1.32 bits per heavy atom.